The number of rotatable bonds is 9. The highest BCUT2D eigenvalue weighted by Gasteiger charge is 2.14. The summed E-state index contributed by atoms with van der Waals surface area (Å²) in [5, 5.41) is 3.37. The number of carbonyl (C=O) groups is 1. The van der Waals surface area contributed by atoms with E-state index in [2.05, 4.69) is 10.0 Å². The molecule has 0 aromatic heterocycles. The molecule has 0 saturated carbocycles. The van der Waals surface area contributed by atoms with Crippen LogP contribution >= 0.6 is 23.2 Å². The molecule has 0 bridgehead atoms. The second kappa shape index (κ2) is 10.9. The van der Waals surface area contributed by atoms with Crippen LogP contribution in [-0.2, 0) is 16.6 Å². The average Bonchev–Trinajstić information content (AvgIpc) is 2.77. The van der Waals surface area contributed by atoms with Crippen LogP contribution in [0, 0.1) is 0 Å². The standard InChI is InChI=1S/C23H22Cl2N2O6S/c1-31-19-5-7-21(32-2)15(10-19)13-33-22-12-18(4-6-20(22)27-34(3,29)30)26-23(28)14-8-16(24)11-17(25)9-14/h4-12,27H,13H2,1-3H3,(H,26,28). The molecule has 0 aliphatic heterocycles. The number of ether oxygens (including phenoxy) is 3. The van der Waals surface area contributed by atoms with Gasteiger partial charge in [-0.25, -0.2) is 8.42 Å². The zero-order valence-electron chi connectivity index (χ0n) is 18.5. The van der Waals surface area contributed by atoms with Gasteiger partial charge in [-0.1, -0.05) is 23.2 Å². The van der Waals surface area contributed by atoms with Gasteiger partial charge >= 0.3 is 0 Å². The fourth-order valence-electron chi connectivity index (χ4n) is 3.04. The zero-order chi connectivity index (χ0) is 24.9. The third-order valence-electron chi connectivity index (χ3n) is 4.53. The molecular weight excluding hydrogens is 503 g/mol. The Labute approximate surface area is 207 Å². The van der Waals surface area contributed by atoms with Gasteiger partial charge in [0.05, 0.1) is 26.2 Å². The molecule has 8 nitrogen and oxygen atoms in total. The summed E-state index contributed by atoms with van der Waals surface area (Å²) < 4.78 is 42.6. The van der Waals surface area contributed by atoms with Crippen LogP contribution in [0.25, 0.3) is 0 Å². The van der Waals surface area contributed by atoms with Crippen LogP contribution in [0.2, 0.25) is 10.0 Å². The van der Waals surface area contributed by atoms with Gasteiger partial charge in [0.2, 0.25) is 10.0 Å². The van der Waals surface area contributed by atoms with Gasteiger partial charge in [-0.15, -0.1) is 0 Å². The number of anilines is 2. The molecule has 0 aliphatic carbocycles. The fourth-order valence-corrected chi connectivity index (χ4v) is 4.14. The molecule has 0 atom stereocenters. The molecule has 2 N–H and O–H groups in total. The zero-order valence-corrected chi connectivity index (χ0v) is 20.8. The maximum Gasteiger partial charge on any atom is 0.255 e. The van der Waals surface area contributed by atoms with Crippen molar-refractivity contribution in [3.05, 3.63) is 75.8 Å². The first kappa shape index (κ1) is 25.5. The van der Waals surface area contributed by atoms with Gasteiger partial charge in [-0.05, 0) is 48.5 Å². The summed E-state index contributed by atoms with van der Waals surface area (Å²) in [6.45, 7) is 0.0418. The Bertz CT molecular complexity index is 1290. The predicted molar refractivity (Wildman–Crippen MR) is 133 cm³/mol. The molecule has 0 fully saturated rings. The highest BCUT2D eigenvalue weighted by Crippen LogP contribution is 2.32. The van der Waals surface area contributed by atoms with E-state index < -0.39 is 15.9 Å². The number of hydrogen-bond donors (Lipinski definition) is 2. The number of halogens is 2. The summed E-state index contributed by atoms with van der Waals surface area (Å²) in [6, 6.07) is 14.2. The van der Waals surface area contributed by atoms with E-state index >= 15 is 0 Å². The summed E-state index contributed by atoms with van der Waals surface area (Å²) in [7, 11) is -0.516. The van der Waals surface area contributed by atoms with E-state index in [1.807, 2.05) is 0 Å². The van der Waals surface area contributed by atoms with Crippen LogP contribution in [-0.4, -0.2) is 34.8 Å². The van der Waals surface area contributed by atoms with Gasteiger partial charge in [0.1, 0.15) is 23.9 Å². The van der Waals surface area contributed by atoms with Gasteiger partial charge < -0.3 is 19.5 Å². The van der Waals surface area contributed by atoms with Crippen LogP contribution in [0.5, 0.6) is 17.2 Å². The first-order valence-corrected chi connectivity index (χ1v) is 12.5. The second-order valence-electron chi connectivity index (χ2n) is 7.16. The molecule has 0 heterocycles. The van der Waals surface area contributed by atoms with Crippen molar-refractivity contribution >= 4 is 50.5 Å². The van der Waals surface area contributed by atoms with Gasteiger partial charge in [0.15, 0.2) is 0 Å². The van der Waals surface area contributed by atoms with Gasteiger partial charge in [-0.3, -0.25) is 9.52 Å². The van der Waals surface area contributed by atoms with Crippen molar-refractivity contribution in [1.82, 2.24) is 0 Å². The highest BCUT2D eigenvalue weighted by atomic mass is 35.5. The minimum absolute atomic E-state index is 0.0418. The van der Waals surface area contributed by atoms with Gasteiger partial charge in [0, 0.05) is 32.9 Å². The van der Waals surface area contributed by atoms with Crippen molar-refractivity contribution in [3.8, 4) is 17.2 Å². The topological polar surface area (TPSA) is 103 Å². The quantitative estimate of drug-likeness (QED) is 0.398. The molecule has 0 unspecified atom stereocenters. The molecule has 3 aromatic rings. The molecule has 34 heavy (non-hydrogen) atoms. The Morgan fingerprint density at radius 2 is 1.62 bits per heavy atom. The van der Waals surface area contributed by atoms with Gasteiger partial charge in [-0.2, -0.15) is 0 Å². The van der Waals surface area contributed by atoms with Crippen molar-refractivity contribution in [2.45, 2.75) is 6.61 Å². The lowest BCUT2D eigenvalue weighted by Crippen LogP contribution is -2.14. The number of benzene rings is 3. The van der Waals surface area contributed by atoms with Crippen molar-refractivity contribution in [3.63, 3.8) is 0 Å². The Kier molecular flexibility index (Phi) is 8.14. The molecule has 0 radical (unpaired) electrons. The highest BCUT2D eigenvalue weighted by molar-refractivity contribution is 7.92. The maximum atomic E-state index is 12.7. The summed E-state index contributed by atoms with van der Waals surface area (Å²) in [5.41, 5.74) is 1.51. The number of carbonyl (C=O) groups excluding carboxylic acids is 1. The lowest BCUT2D eigenvalue weighted by molar-refractivity contribution is 0.102. The van der Waals surface area contributed by atoms with E-state index in [1.165, 1.54) is 43.5 Å². The molecule has 11 heteroatoms. The minimum atomic E-state index is -3.59. The number of sulfonamides is 1. The summed E-state index contributed by atoms with van der Waals surface area (Å²) >= 11 is 12.0. The van der Waals surface area contributed by atoms with Crippen LogP contribution in [0.1, 0.15) is 15.9 Å². The summed E-state index contributed by atoms with van der Waals surface area (Å²) in [4.78, 5) is 12.7. The monoisotopic (exact) mass is 524 g/mol. The minimum Gasteiger partial charge on any atom is -0.497 e. The molecule has 0 saturated heterocycles. The van der Waals surface area contributed by atoms with Crippen molar-refractivity contribution in [2.24, 2.45) is 0 Å². The third kappa shape index (κ3) is 6.93. The molecule has 180 valence electrons. The average molecular weight is 525 g/mol. The van der Waals surface area contributed by atoms with E-state index in [-0.39, 0.29) is 23.6 Å². The molecule has 3 rings (SSSR count). The molecule has 3 aromatic carbocycles. The largest absolute Gasteiger partial charge is 0.497 e. The van der Waals surface area contributed by atoms with E-state index in [0.29, 0.717) is 32.8 Å². The Morgan fingerprint density at radius 1 is 0.912 bits per heavy atom. The lowest BCUT2D eigenvalue weighted by Gasteiger charge is -2.16. The van der Waals surface area contributed by atoms with Crippen molar-refractivity contribution < 1.29 is 27.4 Å². The van der Waals surface area contributed by atoms with E-state index in [9.17, 15) is 13.2 Å². The number of nitrogens with one attached hydrogen (secondary N) is 2. The first-order chi connectivity index (χ1) is 16.1. The maximum absolute atomic E-state index is 12.7. The predicted octanol–water partition coefficient (Wildman–Crippen LogP) is 5.21. The molecule has 0 spiro atoms. The lowest BCUT2D eigenvalue weighted by atomic mass is 10.2. The second-order valence-corrected chi connectivity index (χ2v) is 9.79. The number of methoxy groups -OCH3 is 2. The van der Waals surface area contributed by atoms with Crippen LogP contribution in [0.15, 0.2) is 54.6 Å². The van der Waals surface area contributed by atoms with Crippen molar-refractivity contribution in [1.29, 1.82) is 0 Å². The smallest absolute Gasteiger partial charge is 0.255 e. The Hall–Kier alpha value is -3.14. The SMILES string of the molecule is COc1ccc(OC)c(COc2cc(NC(=O)c3cc(Cl)cc(Cl)c3)ccc2NS(C)(=O)=O)c1. The van der Waals surface area contributed by atoms with E-state index in [4.69, 9.17) is 37.4 Å². The number of amides is 1. The molecular formula is C23H22Cl2N2O6S. The van der Waals surface area contributed by atoms with Crippen LogP contribution < -0.4 is 24.2 Å². The van der Waals surface area contributed by atoms with Crippen LogP contribution in [0.3, 0.4) is 0 Å². The summed E-state index contributed by atoms with van der Waals surface area (Å²) in [5.74, 6) is 0.918. The Balaban J connectivity index is 1.89. The Morgan fingerprint density at radius 3 is 2.24 bits per heavy atom. The van der Waals surface area contributed by atoms with Crippen LogP contribution in [0.4, 0.5) is 11.4 Å². The third-order valence-corrected chi connectivity index (χ3v) is 5.56. The fraction of sp³-hybridized carbons (Fsp3) is 0.174. The molecule has 0 aliphatic rings. The van der Waals surface area contributed by atoms with E-state index in [0.717, 1.165) is 6.26 Å². The number of hydrogen-bond acceptors (Lipinski definition) is 6. The van der Waals surface area contributed by atoms with Crippen molar-refractivity contribution in [2.75, 3.05) is 30.5 Å². The summed E-state index contributed by atoms with van der Waals surface area (Å²) in [6.07, 6.45) is 1.03. The van der Waals surface area contributed by atoms with Gasteiger partial charge in [0.25, 0.3) is 5.91 Å². The van der Waals surface area contributed by atoms with E-state index in [1.54, 1.807) is 25.3 Å². The normalized spacial score (nSPS) is 11.0. The first-order valence-electron chi connectivity index (χ1n) is 9.81. The molecule has 1 amide bonds.